The number of benzene rings is 1. The topological polar surface area (TPSA) is 78.9 Å². The van der Waals surface area contributed by atoms with Crippen molar-refractivity contribution in [3.05, 3.63) is 43.0 Å². The number of carbonyl (C=O) groups is 3. The molecule has 0 spiro atoms. The van der Waals surface area contributed by atoms with Crippen molar-refractivity contribution in [2.45, 2.75) is 65.2 Å². The van der Waals surface area contributed by atoms with Crippen molar-refractivity contribution in [3.8, 4) is 5.75 Å². The van der Waals surface area contributed by atoms with Crippen LogP contribution in [0.5, 0.6) is 5.75 Å². The molecule has 0 saturated heterocycles. The first-order valence-corrected chi connectivity index (χ1v) is 12.5. The highest BCUT2D eigenvalue weighted by Gasteiger charge is 2.36. The third-order valence-electron chi connectivity index (χ3n) is 7.22. The Morgan fingerprint density at radius 2 is 1.32 bits per heavy atom. The van der Waals surface area contributed by atoms with Crippen LogP contribution in [0.2, 0.25) is 0 Å². The second-order valence-electron chi connectivity index (χ2n) is 10.5. The Morgan fingerprint density at radius 1 is 0.824 bits per heavy atom. The van der Waals surface area contributed by atoms with Gasteiger partial charge in [-0.3, -0.25) is 9.59 Å². The lowest BCUT2D eigenvalue weighted by Crippen LogP contribution is -2.33. The Kier molecular flexibility index (Phi) is 9.31. The van der Waals surface area contributed by atoms with E-state index in [1.54, 1.807) is 0 Å². The average Bonchev–Trinajstić information content (AvgIpc) is 2.86. The summed E-state index contributed by atoms with van der Waals surface area (Å²) in [4.78, 5) is 36.3. The number of esters is 3. The van der Waals surface area contributed by atoms with Crippen molar-refractivity contribution in [2.24, 2.45) is 29.1 Å². The summed E-state index contributed by atoms with van der Waals surface area (Å²) in [7, 11) is 0. The molecule has 2 fully saturated rings. The minimum Gasteiger partial charge on any atom is -0.465 e. The smallest absolute Gasteiger partial charge is 0.330 e. The maximum atomic E-state index is 12.6. The van der Waals surface area contributed by atoms with E-state index in [4.69, 9.17) is 14.2 Å². The van der Waals surface area contributed by atoms with E-state index in [-0.39, 0.29) is 37.0 Å². The van der Waals surface area contributed by atoms with Gasteiger partial charge in [0.25, 0.3) is 0 Å². The van der Waals surface area contributed by atoms with E-state index in [9.17, 15) is 14.4 Å². The Balaban J connectivity index is 1.35. The van der Waals surface area contributed by atoms with Gasteiger partial charge in [0, 0.05) is 11.5 Å². The monoisotopic (exact) mass is 470 g/mol. The lowest BCUT2D eigenvalue weighted by molar-refractivity contribution is -0.156. The number of ether oxygens (including phenoxy) is 3. The number of hydrogen-bond donors (Lipinski definition) is 0. The second-order valence-corrected chi connectivity index (χ2v) is 10.5. The van der Waals surface area contributed by atoms with Crippen LogP contribution in [0.15, 0.2) is 43.0 Å². The highest BCUT2D eigenvalue weighted by Crippen LogP contribution is 2.42. The third-order valence-corrected chi connectivity index (χ3v) is 7.22. The molecule has 2 aliphatic rings. The normalized spacial score (nSPS) is 25.1. The molecule has 34 heavy (non-hydrogen) atoms. The summed E-state index contributed by atoms with van der Waals surface area (Å²) in [6.07, 6.45) is 8.75. The Morgan fingerprint density at radius 3 is 1.85 bits per heavy atom. The lowest BCUT2D eigenvalue weighted by Gasteiger charge is -2.37. The highest BCUT2D eigenvalue weighted by molar-refractivity contribution is 5.81. The zero-order chi connectivity index (χ0) is 24.6. The number of carbonyl (C=O) groups excluding carboxylic acids is 3. The fourth-order valence-corrected chi connectivity index (χ4v) is 5.09. The molecule has 0 unspecified atom stereocenters. The molecule has 0 aliphatic heterocycles. The summed E-state index contributed by atoms with van der Waals surface area (Å²) in [5.41, 5.74) is -0.439. The predicted molar refractivity (Wildman–Crippen MR) is 129 cm³/mol. The van der Waals surface area contributed by atoms with Gasteiger partial charge in [0.05, 0.1) is 25.0 Å². The van der Waals surface area contributed by atoms with Crippen LogP contribution in [0, 0.1) is 29.1 Å². The SMILES string of the molecule is C=CC(=O)OCC(C)(C)COC(=O)C1CCC(C2CCC(C(=O)Oc3ccccc3)CC2)CC1. The molecule has 0 bridgehead atoms. The van der Waals surface area contributed by atoms with Crippen molar-refractivity contribution >= 4 is 17.9 Å². The Bertz CT molecular complexity index is 830. The van der Waals surface area contributed by atoms with Gasteiger partial charge in [0.1, 0.15) is 5.75 Å². The van der Waals surface area contributed by atoms with E-state index in [2.05, 4.69) is 6.58 Å². The predicted octanol–water partition coefficient (Wildman–Crippen LogP) is 5.50. The average molecular weight is 471 g/mol. The van der Waals surface area contributed by atoms with Gasteiger partial charge in [-0.15, -0.1) is 0 Å². The van der Waals surface area contributed by atoms with Crippen LogP contribution in [0.3, 0.4) is 0 Å². The van der Waals surface area contributed by atoms with E-state index in [0.29, 0.717) is 17.6 Å². The standard InChI is InChI=1S/C28H38O6/c1-4-25(29)32-18-28(2,3)19-33-26(30)22-14-10-20(11-15-22)21-12-16-23(17-13-21)27(31)34-24-8-6-5-7-9-24/h4-9,20-23H,1,10-19H2,2-3H3. The molecule has 0 amide bonds. The maximum absolute atomic E-state index is 12.6. The van der Waals surface area contributed by atoms with Crippen LogP contribution in [0.25, 0.3) is 0 Å². The summed E-state index contributed by atoms with van der Waals surface area (Å²) < 4.78 is 16.2. The summed E-state index contributed by atoms with van der Waals surface area (Å²) in [6, 6.07) is 9.26. The molecular formula is C28H38O6. The highest BCUT2D eigenvalue weighted by atomic mass is 16.5. The molecule has 6 nitrogen and oxygen atoms in total. The molecule has 0 radical (unpaired) electrons. The van der Waals surface area contributed by atoms with Crippen LogP contribution >= 0.6 is 0 Å². The molecule has 1 aromatic carbocycles. The van der Waals surface area contributed by atoms with Crippen molar-refractivity contribution < 1.29 is 28.6 Å². The van der Waals surface area contributed by atoms with Gasteiger partial charge in [-0.1, -0.05) is 38.6 Å². The van der Waals surface area contributed by atoms with Crippen LogP contribution < -0.4 is 4.74 Å². The van der Waals surface area contributed by atoms with Gasteiger partial charge in [-0.25, -0.2) is 4.79 Å². The van der Waals surface area contributed by atoms with E-state index >= 15 is 0 Å². The number of rotatable bonds is 9. The summed E-state index contributed by atoms with van der Waals surface area (Å²) in [6.45, 7) is 7.59. The molecule has 0 aromatic heterocycles. The van der Waals surface area contributed by atoms with Gasteiger partial charge < -0.3 is 14.2 Å². The minimum absolute atomic E-state index is 0.0168. The van der Waals surface area contributed by atoms with E-state index in [1.165, 1.54) is 0 Å². The Labute approximate surface area is 203 Å². The third kappa shape index (κ3) is 7.71. The number of para-hydroxylation sites is 1. The summed E-state index contributed by atoms with van der Waals surface area (Å²) >= 11 is 0. The van der Waals surface area contributed by atoms with Gasteiger partial charge in [-0.2, -0.15) is 0 Å². The molecule has 2 aliphatic carbocycles. The largest absolute Gasteiger partial charge is 0.465 e. The first-order valence-electron chi connectivity index (χ1n) is 12.5. The van der Waals surface area contributed by atoms with Crippen LogP contribution in [-0.2, 0) is 23.9 Å². The van der Waals surface area contributed by atoms with Gasteiger partial charge in [0.2, 0.25) is 0 Å². The molecule has 0 heterocycles. The molecule has 186 valence electrons. The van der Waals surface area contributed by atoms with E-state index < -0.39 is 11.4 Å². The van der Waals surface area contributed by atoms with E-state index in [0.717, 1.165) is 57.4 Å². The molecule has 2 saturated carbocycles. The zero-order valence-corrected chi connectivity index (χ0v) is 20.5. The van der Waals surface area contributed by atoms with Crippen LogP contribution in [-0.4, -0.2) is 31.1 Å². The summed E-state index contributed by atoms with van der Waals surface area (Å²) in [5, 5.41) is 0. The molecular weight excluding hydrogens is 432 g/mol. The maximum Gasteiger partial charge on any atom is 0.330 e. The van der Waals surface area contributed by atoms with E-state index in [1.807, 2.05) is 44.2 Å². The zero-order valence-electron chi connectivity index (χ0n) is 20.5. The van der Waals surface area contributed by atoms with Crippen LogP contribution in [0.4, 0.5) is 0 Å². The van der Waals surface area contributed by atoms with Gasteiger partial charge in [-0.05, 0) is 75.3 Å². The van der Waals surface area contributed by atoms with Gasteiger partial charge in [0.15, 0.2) is 0 Å². The molecule has 1 aromatic rings. The minimum atomic E-state index is -0.472. The first kappa shape index (κ1) is 26.0. The quantitative estimate of drug-likeness (QED) is 0.269. The number of hydrogen-bond acceptors (Lipinski definition) is 6. The van der Waals surface area contributed by atoms with Gasteiger partial charge >= 0.3 is 17.9 Å². The fraction of sp³-hybridized carbons (Fsp3) is 0.607. The molecule has 0 N–H and O–H groups in total. The van der Waals surface area contributed by atoms with Crippen molar-refractivity contribution in [1.29, 1.82) is 0 Å². The Hall–Kier alpha value is -2.63. The first-order chi connectivity index (χ1) is 16.3. The molecule has 3 rings (SSSR count). The molecule has 6 heteroatoms. The second kappa shape index (κ2) is 12.2. The van der Waals surface area contributed by atoms with Crippen LogP contribution in [0.1, 0.15) is 65.2 Å². The van der Waals surface area contributed by atoms with Crippen molar-refractivity contribution in [2.75, 3.05) is 13.2 Å². The fourth-order valence-electron chi connectivity index (χ4n) is 5.09. The lowest BCUT2D eigenvalue weighted by atomic mass is 9.69. The van der Waals surface area contributed by atoms with Crippen molar-refractivity contribution in [1.82, 2.24) is 0 Å². The van der Waals surface area contributed by atoms with Crippen molar-refractivity contribution in [3.63, 3.8) is 0 Å². The summed E-state index contributed by atoms with van der Waals surface area (Å²) in [5.74, 6) is 1.05. The molecule has 0 atom stereocenters.